The minimum atomic E-state index is -0.777. The van der Waals surface area contributed by atoms with Crippen LogP contribution < -0.4 is 5.73 Å². The number of amides is 1. The molecule has 1 heterocycles. The highest BCUT2D eigenvalue weighted by molar-refractivity contribution is 5.88. The molecule has 2 N–H and O–H groups in total. The van der Waals surface area contributed by atoms with E-state index in [1.165, 1.54) is 12.1 Å². The smallest absolute Gasteiger partial charge is 0.269 e. The first-order valence-corrected chi connectivity index (χ1v) is 8.65. The van der Waals surface area contributed by atoms with E-state index in [1.807, 2.05) is 49.1 Å². The van der Waals surface area contributed by atoms with Crippen LogP contribution in [0.15, 0.2) is 54.6 Å². The van der Waals surface area contributed by atoms with E-state index in [1.54, 1.807) is 12.1 Å². The summed E-state index contributed by atoms with van der Waals surface area (Å²) in [5, 5.41) is 10.8. The highest BCUT2D eigenvalue weighted by Crippen LogP contribution is 2.32. The standard InChI is InChI=1S/C20H23N3O3/c1-20(2,15-8-10-16(11-9-15)23(25)26)19(24)22-12-17(18(21)13-22)14-6-4-3-5-7-14/h3-11,17-18H,12-13,21H2,1-2H3/t17-,18+/m0/s1. The first-order chi connectivity index (χ1) is 12.3. The largest absolute Gasteiger partial charge is 0.340 e. The summed E-state index contributed by atoms with van der Waals surface area (Å²) >= 11 is 0. The summed E-state index contributed by atoms with van der Waals surface area (Å²) < 4.78 is 0. The Morgan fingerprint density at radius 1 is 1.12 bits per heavy atom. The molecule has 26 heavy (non-hydrogen) atoms. The second kappa shape index (κ2) is 6.88. The summed E-state index contributed by atoms with van der Waals surface area (Å²) in [5.74, 6) is 0.105. The molecule has 1 fully saturated rings. The molecule has 2 atom stereocenters. The minimum Gasteiger partial charge on any atom is -0.340 e. The number of carbonyl (C=O) groups is 1. The fraction of sp³-hybridized carbons (Fsp3) is 0.350. The van der Waals surface area contributed by atoms with Gasteiger partial charge >= 0.3 is 0 Å². The van der Waals surface area contributed by atoms with Gasteiger partial charge in [0.05, 0.1) is 10.3 Å². The Morgan fingerprint density at radius 2 is 1.73 bits per heavy atom. The molecule has 0 bridgehead atoms. The van der Waals surface area contributed by atoms with Crippen molar-refractivity contribution in [3.05, 3.63) is 75.8 Å². The number of nitrogens with two attached hydrogens (primary N) is 1. The van der Waals surface area contributed by atoms with Crippen LogP contribution in [0.5, 0.6) is 0 Å². The number of hydrogen-bond acceptors (Lipinski definition) is 4. The molecule has 0 radical (unpaired) electrons. The van der Waals surface area contributed by atoms with E-state index in [0.29, 0.717) is 13.1 Å². The van der Waals surface area contributed by atoms with Crippen molar-refractivity contribution in [2.45, 2.75) is 31.2 Å². The monoisotopic (exact) mass is 353 g/mol. The van der Waals surface area contributed by atoms with Gasteiger partial charge in [-0.3, -0.25) is 14.9 Å². The fourth-order valence-corrected chi connectivity index (χ4v) is 3.57. The van der Waals surface area contributed by atoms with Gasteiger partial charge in [-0.15, -0.1) is 0 Å². The molecule has 2 aromatic carbocycles. The summed E-state index contributed by atoms with van der Waals surface area (Å²) in [6, 6.07) is 16.1. The number of nitrogens with zero attached hydrogens (tertiary/aromatic N) is 2. The Kier molecular flexibility index (Phi) is 4.78. The zero-order valence-electron chi connectivity index (χ0n) is 15.0. The minimum absolute atomic E-state index is 0.0137. The normalized spacial score (nSPS) is 20.2. The topological polar surface area (TPSA) is 89.5 Å². The molecular weight excluding hydrogens is 330 g/mol. The van der Waals surface area contributed by atoms with Gasteiger partial charge in [-0.05, 0) is 25.0 Å². The van der Waals surface area contributed by atoms with Crippen LogP contribution in [-0.2, 0) is 10.2 Å². The number of benzene rings is 2. The Labute approximate surface area is 152 Å². The van der Waals surface area contributed by atoms with Crippen LogP contribution in [0.1, 0.15) is 30.9 Å². The molecule has 6 nitrogen and oxygen atoms in total. The van der Waals surface area contributed by atoms with Crippen LogP contribution in [0.25, 0.3) is 0 Å². The molecule has 1 amide bonds. The number of nitro benzene ring substituents is 1. The molecule has 0 aliphatic carbocycles. The predicted molar refractivity (Wildman–Crippen MR) is 99.9 cm³/mol. The van der Waals surface area contributed by atoms with E-state index < -0.39 is 10.3 Å². The second-order valence-corrected chi connectivity index (χ2v) is 7.32. The molecule has 0 spiro atoms. The third kappa shape index (κ3) is 3.32. The first-order valence-electron chi connectivity index (χ1n) is 8.65. The molecule has 0 saturated carbocycles. The van der Waals surface area contributed by atoms with E-state index in [2.05, 4.69) is 0 Å². The number of rotatable bonds is 4. The van der Waals surface area contributed by atoms with Crippen LogP contribution in [0, 0.1) is 10.1 Å². The highest BCUT2D eigenvalue weighted by Gasteiger charge is 2.40. The SMILES string of the molecule is CC(C)(C(=O)N1C[C@@H](N)[C@H](c2ccccc2)C1)c1ccc([N+](=O)[O-])cc1. The molecule has 1 saturated heterocycles. The number of non-ortho nitro benzene ring substituents is 1. The average Bonchev–Trinajstić information content (AvgIpc) is 3.03. The van der Waals surface area contributed by atoms with Crippen molar-refractivity contribution in [2.75, 3.05) is 13.1 Å². The van der Waals surface area contributed by atoms with Crippen LogP contribution in [0.4, 0.5) is 5.69 Å². The van der Waals surface area contributed by atoms with Crippen molar-refractivity contribution in [3.8, 4) is 0 Å². The predicted octanol–water partition coefficient (Wildman–Crippen LogP) is 2.83. The Bertz CT molecular complexity index is 803. The molecule has 136 valence electrons. The van der Waals surface area contributed by atoms with Crippen molar-refractivity contribution in [1.82, 2.24) is 4.90 Å². The van der Waals surface area contributed by atoms with Gasteiger partial charge in [0.2, 0.25) is 5.91 Å². The molecule has 0 unspecified atom stereocenters. The lowest BCUT2D eigenvalue weighted by Gasteiger charge is -2.29. The van der Waals surface area contributed by atoms with E-state index in [9.17, 15) is 14.9 Å². The van der Waals surface area contributed by atoms with Crippen LogP contribution in [-0.4, -0.2) is 34.9 Å². The summed E-state index contributed by atoms with van der Waals surface area (Å²) in [7, 11) is 0. The van der Waals surface area contributed by atoms with Gasteiger partial charge < -0.3 is 10.6 Å². The molecule has 0 aromatic heterocycles. The highest BCUT2D eigenvalue weighted by atomic mass is 16.6. The van der Waals surface area contributed by atoms with Gasteiger partial charge in [0.25, 0.3) is 5.69 Å². The van der Waals surface area contributed by atoms with Gasteiger partial charge in [0, 0.05) is 37.2 Å². The Morgan fingerprint density at radius 3 is 2.31 bits per heavy atom. The molecule has 2 aromatic rings. The lowest BCUT2D eigenvalue weighted by atomic mass is 9.83. The van der Waals surface area contributed by atoms with Gasteiger partial charge in [0.15, 0.2) is 0 Å². The number of hydrogen-bond donors (Lipinski definition) is 1. The summed E-state index contributed by atoms with van der Waals surface area (Å²) in [6.07, 6.45) is 0. The fourth-order valence-electron chi connectivity index (χ4n) is 3.57. The number of nitro groups is 1. The van der Waals surface area contributed by atoms with E-state index in [4.69, 9.17) is 5.73 Å². The number of carbonyl (C=O) groups excluding carboxylic acids is 1. The molecule has 1 aliphatic rings. The molecule has 3 rings (SSSR count). The van der Waals surface area contributed by atoms with Gasteiger partial charge in [-0.1, -0.05) is 42.5 Å². The third-order valence-electron chi connectivity index (χ3n) is 5.21. The van der Waals surface area contributed by atoms with Gasteiger partial charge in [-0.25, -0.2) is 0 Å². The van der Waals surface area contributed by atoms with Crippen molar-refractivity contribution < 1.29 is 9.72 Å². The zero-order valence-corrected chi connectivity index (χ0v) is 15.0. The first kappa shape index (κ1) is 18.1. The average molecular weight is 353 g/mol. The lowest BCUT2D eigenvalue weighted by Crippen LogP contribution is -2.43. The Hall–Kier alpha value is -2.73. The summed E-state index contributed by atoms with van der Waals surface area (Å²) in [6.45, 7) is 4.78. The summed E-state index contributed by atoms with van der Waals surface area (Å²) in [5.41, 5.74) is 7.44. The molecule has 6 heteroatoms. The van der Waals surface area contributed by atoms with Crippen molar-refractivity contribution in [3.63, 3.8) is 0 Å². The van der Waals surface area contributed by atoms with E-state index in [-0.39, 0.29) is 23.6 Å². The lowest BCUT2D eigenvalue weighted by molar-refractivity contribution is -0.384. The van der Waals surface area contributed by atoms with E-state index in [0.717, 1.165) is 11.1 Å². The zero-order chi connectivity index (χ0) is 18.9. The Balaban J connectivity index is 1.78. The third-order valence-corrected chi connectivity index (χ3v) is 5.21. The molecular formula is C20H23N3O3. The quantitative estimate of drug-likeness (QED) is 0.676. The van der Waals surface area contributed by atoms with Crippen molar-refractivity contribution in [2.24, 2.45) is 5.73 Å². The molecule has 1 aliphatic heterocycles. The van der Waals surface area contributed by atoms with Crippen LogP contribution in [0.3, 0.4) is 0 Å². The van der Waals surface area contributed by atoms with Crippen LogP contribution >= 0.6 is 0 Å². The maximum absolute atomic E-state index is 13.1. The summed E-state index contributed by atoms with van der Waals surface area (Å²) in [4.78, 5) is 25.3. The van der Waals surface area contributed by atoms with Crippen LogP contribution in [0.2, 0.25) is 0 Å². The maximum atomic E-state index is 13.1. The van der Waals surface area contributed by atoms with E-state index >= 15 is 0 Å². The van der Waals surface area contributed by atoms with Gasteiger partial charge in [0.1, 0.15) is 0 Å². The second-order valence-electron chi connectivity index (χ2n) is 7.32. The van der Waals surface area contributed by atoms with Crippen molar-refractivity contribution in [1.29, 1.82) is 0 Å². The van der Waals surface area contributed by atoms with Gasteiger partial charge in [-0.2, -0.15) is 0 Å². The maximum Gasteiger partial charge on any atom is 0.269 e. The van der Waals surface area contributed by atoms with Crippen molar-refractivity contribution >= 4 is 11.6 Å². The number of likely N-dealkylation sites (tertiary alicyclic amines) is 1.